The maximum Gasteiger partial charge on any atom is 0.0923 e. The van der Waals surface area contributed by atoms with E-state index in [1.807, 2.05) is 6.20 Å². The van der Waals surface area contributed by atoms with E-state index in [2.05, 4.69) is 42.0 Å². The third-order valence-corrected chi connectivity index (χ3v) is 3.32. The number of aromatic amines is 1. The van der Waals surface area contributed by atoms with Crippen molar-refractivity contribution in [1.29, 1.82) is 0 Å². The highest BCUT2D eigenvalue weighted by atomic mass is 14.9. The summed E-state index contributed by atoms with van der Waals surface area (Å²) < 4.78 is 0. The first-order valence-electron chi connectivity index (χ1n) is 6.42. The smallest absolute Gasteiger partial charge is 0.0923 e. The van der Waals surface area contributed by atoms with Crippen LogP contribution in [0.25, 0.3) is 0 Å². The monoisotopic (exact) mass is 228 g/mol. The molecule has 0 radical (unpaired) electrons. The van der Waals surface area contributed by atoms with Crippen molar-refractivity contribution in [3.05, 3.63) is 53.1 Å². The first kappa shape index (κ1) is 11.9. The van der Waals surface area contributed by atoms with Gasteiger partial charge in [-0.15, -0.1) is 0 Å². The van der Waals surface area contributed by atoms with Gasteiger partial charge < -0.3 is 4.98 Å². The fourth-order valence-electron chi connectivity index (χ4n) is 2.35. The molecule has 1 N–H and O–H groups in total. The highest BCUT2D eigenvalue weighted by Gasteiger charge is 2.06. The Labute approximate surface area is 103 Å². The Bertz CT molecular complexity index is 436. The normalized spacial score (nSPS) is 10.7. The third-order valence-electron chi connectivity index (χ3n) is 3.32. The summed E-state index contributed by atoms with van der Waals surface area (Å²) in [5.41, 5.74) is 5.65. The predicted molar refractivity (Wildman–Crippen MR) is 71.2 cm³/mol. The standard InChI is InChI=1S/C15H20N2/c1-3-12-6-5-7-13(4-2)15(12)9-8-14-10-16-11-17-14/h5-7,10-11H,3-4,8-9H2,1-2H3,(H,16,17). The average molecular weight is 228 g/mol. The molecule has 0 saturated carbocycles. The second-order valence-electron chi connectivity index (χ2n) is 4.32. The van der Waals surface area contributed by atoms with Gasteiger partial charge in [-0.05, 0) is 42.4 Å². The van der Waals surface area contributed by atoms with Gasteiger partial charge in [-0.1, -0.05) is 32.0 Å². The molecule has 0 unspecified atom stereocenters. The molecule has 90 valence electrons. The molecule has 2 nitrogen and oxygen atoms in total. The second-order valence-corrected chi connectivity index (χ2v) is 4.32. The summed E-state index contributed by atoms with van der Waals surface area (Å²) in [6, 6.07) is 6.67. The number of aromatic nitrogens is 2. The van der Waals surface area contributed by atoms with Crippen LogP contribution in [0.15, 0.2) is 30.7 Å². The number of nitrogens with one attached hydrogen (secondary N) is 1. The van der Waals surface area contributed by atoms with Crippen molar-refractivity contribution in [3.63, 3.8) is 0 Å². The molecule has 1 aromatic heterocycles. The minimum atomic E-state index is 1.02. The predicted octanol–water partition coefficient (Wildman–Crippen LogP) is 3.32. The number of imidazole rings is 1. The van der Waals surface area contributed by atoms with Gasteiger partial charge in [0.1, 0.15) is 0 Å². The van der Waals surface area contributed by atoms with Gasteiger partial charge in [0.2, 0.25) is 0 Å². The van der Waals surface area contributed by atoms with Gasteiger partial charge in [0, 0.05) is 6.20 Å². The van der Waals surface area contributed by atoms with E-state index in [9.17, 15) is 0 Å². The fourth-order valence-corrected chi connectivity index (χ4v) is 2.35. The van der Waals surface area contributed by atoms with Crippen LogP contribution in [-0.4, -0.2) is 9.97 Å². The van der Waals surface area contributed by atoms with Crippen LogP contribution in [0.5, 0.6) is 0 Å². The van der Waals surface area contributed by atoms with E-state index in [1.165, 1.54) is 16.7 Å². The highest BCUT2D eigenvalue weighted by Crippen LogP contribution is 2.18. The summed E-state index contributed by atoms with van der Waals surface area (Å²) in [5.74, 6) is 0. The number of aryl methyl sites for hydroxylation is 3. The number of hydrogen-bond donors (Lipinski definition) is 1. The largest absolute Gasteiger partial charge is 0.351 e. The van der Waals surface area contributed by atoms with Crippen LogP contribution in [0.3, 0.4) is 0 Å². The molecule has 0 atom stereocenters. The number of H-pyrrole nitrogens is 1. The van der Waals surface area contributed by atoms with E-state index in [0.29, 0.717) is 0 Å². The number of hydrogen-bond acceptors (Lipinski definition) is 1. The molecule has 2 heteroatoms. The van der Waals surface area contributed by atoms with Gasteiger partial charge in [-0.2, -0.15) is 0 Å². The zero-order valence-electron chi connectivity index (χ0n) is 10.7. The Balaban J connectivity index is 2.18. The molecule has 1 heterocycles. The van der Waals surface area contributed by atoms with Crippen LogP contribution in [0.4, 0.5) is 0 Å². The van der Waals surface area contributed by atoms with Crippen molar-refractivity contribution < 1.29 is 0 Å². The molecule has 0 spiro atoms. The fraction of sp³-hybridized carbons (Fsp3) is 0.400. The first-order valence-corrected chi connectivity index (χ1v) is 6.42. The summed E-state index contributed by atoms with van der Waals surface area (Å²) >= 11 is 0. The lowest BCUT2D eigenvalue weighted by atomic mass is 9.94. The maximum absolute atomic E-state index is 4.29. The van der Waals surface area contributed by atoms with E-state index < -0.39 is 0 Å². The zero-order valence-corrected chi connectivity index (χ0v) is 10.7. The summed E-state index contributed by atoms with van der Waals surface area (Å²) in [7, 11) is 0. The van der Waals surface area contributed by atoms with Gasteiger partial charge in [0.15, 0.2) is 0 Å². The Hall–Kier alpha value is -1.57. The van der Waals surface area contributed by atoms with Crippen molar-refractivity contribution in [3.8, 4) is 0 Å². The Morgan fingerprint density at radius 1 is 1.06 bits per heavy atom. The average Bonchev–Trinajstić information content (AvgIpc) is 2.88. The van der Waals surface area contributed by atoms with Gasteiger partial charge in [-0.3, -0.25) is 0 Å². The summed E-state index contributed by atoms with van der Waals surface area (Å²) in [4.78, 5) is 7.30. The molecule has 1 aromatic carbocycles. The van der Waals surface area contributed by atoms with Crippen molar-refractivity contribution >= 4 is 0 Å². The molecule has 2 aromatic rings. The molecular weight excluding hydrogens is 208 g/mol. The minimum absolute atomic E-state index is 1.02. The van der Waals surface area contributed by atoms with Gasteiger partial charge in [-0.25, -0.2) is 4.98 Å². The molecule has 0 aliphatic rings. The van der Waals surface area contributed by atoms with E-state index in [-0.39, 0.29) is 0 Å². The van der Waals surface area contributed by atoms with Crippen LogP contribution < -0.4 is 0 Å². The van der Waals surface area contributed by atoms with Crippen LogP contribution in [0, 0.1) is 0 Å². The van der Waals surface area contributed by atoms with E-state index in [1.54, 1.807) is 6.33 Å². The Morgan fingerprint density at radius 3 is 2.29 bits per heavy atom. The molecule has 0 aliphatic carbocycles. The number of benzene rings is 1. The topological polar surface area (TPSA) is 28.7 Å². The molecule has 0 bridgehead atoms. The van der Waals surface area contributed by atoms with Gasteiger partial charge in [0.25, 0.3) is 0 Å². The second kappa shape index (κ2) is 5.67. The molecule has 0 fully saturated rings. The van der Waals surface area contributed by atoms with Crippen LogP contribution in [0.1, 0.15) is 36.2 Å². The van der Waals surface area contributed by atoms with Gasteiger partial charge in [0.05, 0.1) is 12.0 Å². The SMILES string of the molecule is CCc1cccc(CC)c1CCc1c[nH]cn1. The number of rotatable bonds is 5. The highest BCUT2D eigenvalue weighted by molar-refractivity contribution is 5.36. The van der Waals surface area contributed by atoms with E-state index >= 15 is 0 Å². The molecule has 0 saturated heterocycles. The van der Waals surface area contributed by atoms with E-state index in [0.717, 1.165) is 31.4 Å². The number of nitrogens with zero attached hydrogens (tertiary/aromatic N) is 1. The van der Waals surface area contributed by atoms with Crippen molar-refractivity contribution in [1.82, 2.24) is 9.97 Å². The zero-order chi connectivity index (χ0) is 12.1. The van der Waals surface area contributed by atoms with Crippen LogP contribution in [-0.2, 0) is 25.7 Å². The van der Waals surface area contributed by atoms with Crippen molar-refractivity contribution in [2.24, 2.45) is 0 Å². The third kappa shape index (κ3) is 2.76. The Kier molecular flexibility index (Phi) is 3.97. The first-order chi connectivity index (χ1) is 8.35. The maximum atomic E-state index is 4.29. The molecule has 17 heavy (non-hydrogen) atoms. The molecule has 0 amide bonds. The summed E-state index contributed by atoms with van der Waals surface area (Å²) in [6.07, 6.45) is 8.08. The van der Waals surface area contributed by atoms with Crippen molar-refractivity contribution in [2.45, 2.75) is 39.5 Å². The van der Waals surface area contributed by atoms with Gasteiger partial charge >= 0.3 is 0 Å². The van der Waals surface area contributed by atoms with E-state index in [4.69, 9.17) is 0 Å². The quantitative estimate of drug-likeness (QED) is 0.835. The summed E-state index contributed by atoms with van der Waals surface area (Å²) in [6.45, 7) is 4.46. The lowest BCUT2D eigenvalue weighted by Crippen LogP contribution is -2.01. The Morgan fingerprint density at radius 2 is 1.76 bits per heavy atom. The molecule has 2 rings (SSSR count). The lowest BCUT2D eigenvalue weighted by Gasteiger charge is -2.12. The van der Waals surface area contributed by atoms with Crippen LogP contribution in [0.2, 0.25) is 0 Å². The lowest BCUT2D eigenvalue weighted by molar-refractivity contribution is 0.882. The van der Waals surface area contributed by atoms with Crippen molar-refractivity contribution in [2.75, 3.05) is 0 Å². The summed E-state index contributed by atoms with van der Waals surface area (Å²) in [5, 5.41) is 0. The molecular formula is C15H20N2. The molecule has 0 aliphatic heterocycles. The minimum Gasteiger partial charge on any atom is -0.351 e. The van der Waals surface area contributed by atoms with Crippen LogP contribution >= 0.6 is 0 Å².